The lowest BCUT2D eigenvalue weighted by Crippen LogP contribution is -2.32. The number of aromatic nitrogens is 2. The van der Waals surface area contributed by atoms with Gasteiger partial charge in [-0.05, 0) is 25.1 Å². The molecule has 1 heterocycles. The molecule has 0 unspecified atom stereocenters. The number of aliphatic hydroxyl groups is 1. The number of benzene rings is 1. The molecular weight excluding hydrogens is 312 g/mol. The Labute approximate surface area is 140 Å². The van der Waals surface area contributed by atoms with E-state index >= 15 is 0 Å². The first-order valence-corrected chi connectivity index (χ1v) is 7.54. The van der Waals surface area contributed by atoms with Gasteiger partial charge in [-0.1, -0.05) is 0 Å². The van der Waals surface area contributed by atoms with Crippen molar-refractivity contribution in [2.24, 2.45) is 0 Å². The fourth-order valence-corrected chi connectivity index (χ4v) is 2.18. The Morgan fingerprint density at radius 3 is 2.79 bits per heavy atom. The van der Waals surface area contributed by atoms with E-state index in [4.69, 9.17) is 9.47 Å². The average Bonchev–Trinajstić information content (AvgIpc) is 3.06. The summed E-state index contributed by atoms with van der Waals surface area (Å²) in [4.78, 5) is 11.9. The number of nitrogens with one attached hydrogen (secondary N) is 2. The predicted molar refractivity (Wildman–Crippen MR) is 89.4 cm³/mol. The molecule has 2 rings (SSSR count). The predicted octanol–water partition coefficient (Wildman–Crippen LogP) is 1.78. The lowest BCUT2D eigenvalue weighted by Gasteiger charge is -2.16. The van der Waals surface area contributed by atoms with Gasteiger partial charge in [-0.2, -0.15) is 5.10 Å². The van der Waals surface area contributed by atoms with E-state index in [-0.39, 0.29) is 6.54 Å². The first-order valence-electron chi connectivity index (χ1n) is 7.54. The molecule has 0 aliphatic carbocycles. The molecule has 1 aromatic carbocycles. The first-order chi connectivity index (χ1) is 11.6. The van der Waals surface area contributed by atoms with Crippen molar-refractivity contribution in [3.63, 3.8) is 0 Å². The van der Waals surface area contributed by atoms with Crippen LogP contribution in [0.4, 0.5) is 10.5 Å². The maximum Gasteiger partial charge on any atom is 0.319 e. The fraction of sp³-hybridized carbons (Fsp3) is 0.375. The normalized spacial score (nSPS) is 11.7. The smallest absolute Gasteiger partial charge is 0.319 e. The number of anilines is 1. The summed E-state index contributed by atoms with van der Waals surface area (Å²) >= 11 is 0. The van der Waals surface area contributed by atoms with Crippen LogP contribution in [0.15, 0.2) is 30.6 Å². The number of carbonyl (C=O) groups is 1. The zero-order chi connectivity index (χ0) is 17.5. The SMILES string of the molecule is CCn1cc(NC(=O)NC[C@H](O)c2cc(OC)ccc2OC)cn1. The van der Waals surface area contributed by atoms with Gasteiger partial charge in [-0.3, -0.25) is 4.68 Å². The summed E-state index contributed by atoms with van der Waals surface area (Å²) < 4.78 is 12.1. The number of amides is 2. The molecule has 0 radical (unpaired) electrons. The maximum atomic E-state index is 11.9. The first kappa shape index (κ1) is 17.6. The molecular formula is C16H22N4O4. The molecule has 0 fully saturated rings. The van der Waals surface area contributed by atoms with Gasteiger partial charge in [0.1, 0.15) is 17.6 Å². The van der Waals surface area contributed by atoms with E-state index in [1.54, 1.807) is 42.4 Å². The van der Waals surface area contributed by atoms with E-state index in [0.717, 1.165) is 6.54 Å². The summed E-state index contributed by atoms with van der Waals surface area (Å²) in [6, 6.07) is 4.69. The molecule has 1 atom stereocenters. The van der Waals surface area contributed by atoms with Crippen molar-refractivity contribution in [1.82, 2.24) is 15.1 Å². The summed E-state index contributed by atoms with van der Waals surface area (Å²) in [6.07, 6.45) is 2.35. The summed E-state index contributed by atoms with van der Waals surface area (Å²) in [6.45, 7) is 2.70. The minimum atomic E-state index is -0.931. The molecule has 130 valence electrons. The van der Waals surface area contributed by atoms with Gasteiger partial charge < -0.3 is 25.2 Å². The third-order valence-corrected chi connectivity index (χ3v) is 3.47. The van der Waals surface area contributed by atoms with Crippen LogP contribution in [0.1, 0.15) is 18.6 Å². The third-order valence-electron chi connectivity index (χ3n) is 3.47. The number of hydrogen-bond acceptors (Lipinski definition) is 5. The molecule has 0 aliphatic rings. The van der Waals surface area contributed by atoms with Crippen LogP contribution in [0.3, 0.4) is 0 Å². The molecule has 0 spiro atoms. The number of carbonyl (C=O) groups excluding carboxylic acids is 1. The average molecular weight is 334 g/mol. The van der Waals surface area contributed by atoms with E-state index in [2.05, 4.69) is 15.7 Å². The molecule has 8 nitrogen and oxygen atoms in total. The molecule has 0 saturated heterocycles. The Balaban J connectivity index is 1.94. The lowest BCUT2D eigenvalue weighted by molar-refractivity contribution is 0.170. The molecule has 3 N–H and O–H groups in total. The number of aryl methyl sites for hydroxylation is 1. The van der Waals surface area contributed by atoms with E-state index < -0.39 is 12.1 Å². The van der Waals surface area contributed by atoms with Crippen molar-refractivity contribution in [3.05, 3.63) is 36.2 Å². The van der Waals surface area contributed by atoms with Crippen LogP contribution in [0, 0.1) is 0 Å². The summed E-state index contributed by atoms with van der Waals surface area (Å²) in [5.74, 6) is 1.12. The number of nitrogens with zero attached hydrogens (tertiary/aromatic N) is 2. The third kappa shape index (κ3) is 4.39. The maximum absolute atomic E-state index is 11.9. The molecule has 0 bridgehead atoms. The second kappa shape index (κ2) is 8.21. The van der Waals surface area contributed by atoms with Crippen LogP contribution in [0.25, 0.3) is 0 Å². The molecule has 8 heteroatoms. The minimum absolute atomic E-state index is 0.0251. The van der Waals surface area contributed by atoms with Gasteiger partial charge in [0, 0.05) is 24.8 Å². The molecule has 2 aromatic rings. The van der Waals surface area contributed by atoms with Crippen molar-refractivity contribution in [2.75, 3.05) is 26.1 Å². The van der Waals surface area contributed by atoms with Crippen molar-refractivity contribution >= 4 is 11.7 Å². The van der Waals surface area contributed by atoms with Crippen LogP contribution < -0.4 is 20.1 Å². The second-order valence-electron chi connectivity index (χ2n) is 5.04. The quantitative estimate of drug-likeness (QED) is 0.717. The Kier molecular flexibility index (Phi) is 6.02. The van der Waals surface area contributed by atoms with Crippen LogP contribution in [0.5, 0.6) is 11.5 Å². The van der Waals surface area contributed by atoms with Crippen LogP contribution in [-0.2, 0) is 6.54 Å². The standard InChI is InChI=1S/C16H22N4O4/c1-4-20-10-11(8-18-20)19-16(22)17-9-14(21)13-7-12(23-2)5-6-15(13)24-3/h5-8,10,14,21H,4,9H2,1-3H3,(H2,17,19,22)/t14-/m0/s1. The number of aliphatic hydroxyl groups excluding tert-OH is 1. The fourth-order valence-electron chi connectivity index (χ4n) is 2.18. The van der Waals surface area contributed by atoms with E-state index in [1.807, 2.05) is 6.92 Å². The number of hydrogen-bond donors (Lipinski definition) is 3. The zero-order valence-corrected chi connectivity index (χ0v) is 13.9. The van der Waals surface area contributed by atoms with Gasteiger partial charge >= 0.3 is 6.03 Å². The van der Waals surface area contributed by atoms with Gasteiger partial charge in [-0.25, -0.2) is 4.79 Å². The molecule has 1 aromatic heterocycles. The van der Waals surface area contributed by atoms with Crippen LogP contribution in [0.2, 0.25) is 0 Å². The molecule has 0 aliphatic heterocycles. The van der Waals surface area contributed by atoms with Crippen LogP contribution >= 0.6 is 0 Å². The molecule has 2 amide bonds. The number of urea groups is 1. The highest BCUT2D eigenvalue weighted by molar-refractivity contribution is 5.88. The molecule has 0 saturated carbocycles. The van der Waals surface area contributed by atoms with Gasteiger partial charge in [0.05, 0.1) is 26.1 Å². The van der Waals surface area contributed by atoms with E-state index in [1.165, 1.54) is 7.11 Å². The lowest BCUT2D eigenvalue weighted by atomic mass is 10.1. The zero-order valence-electron chi connectivity index (χ0n) is 13.9. The van der Waals surface area contributed by atoms with Crippen molar-refractivity contribution in [1.29, 1.82) is 0 Å². The van der Waals surface area contributed by atoms with E-state index in [0.29, 0.717) is 22.7 Å². The van der Waals surface area contributed by atoms with Crippen LogP contribution in [-0.4, -0.2) is 41.7 Å². The minimum Gasteiger partial charge on any atom is -0.497 e. The Bertz CT molecular complexity index is 686. The highest BCUT2D eigenvalue weighted by Crippen LogP contribution is 2.29. The summed E-state index contributed by atoms with van der Waals surface area (Å²) in [5.41, 5.74) is 1.12. The summed E-state index contributed by atoms with van der Waals surface area (Å²) in [5, 5.41) is 19.6. The number of methoxy groups -OCH3 is 2. The van der Waals surface area contributed by atoms with Gasteiger partial charge in [0.15, 0.2) is 0 Å². The number of rotatable bonds is 7. The Morgan fingerprint density at radius 1 is 1.38 bits per heavy atom. The largest absolute Gasteiger partial charge is 0.497 e. The van der Waals surface area contributed by atoms with Gasteiger partial charge in [0.25, 0.3) is 0 Å². The van der Waals surface area contributed by atoms with Gasteiger partial charge in [0.2, 0.25) is 0 Å². The summed E-state index contributed by atoms with van der Waals surface area (Å²) in [7, 11) is 3.06. The van der Waals surface area contributed by atoms with Crippen molar-refractivity contribution in [2.45, 2.75) is 19.6 Å². The highest BCUT2D eigenvalue weighted by Gasteiger charge is 2.16. The highest BCUT2D eigenvalue weighted by atomic mass is 16.5. The van der Waals surface area contributed by atoms with E-state index in [9.17, 15) is 9.90 Å². The van der Waals surface area contributed by atoms with Crippen molar-refractivity contribution < 1.29 is 19.4 Å². The Morgan fingerprint density at radius 2 is 2.17 bits per heavy atom. The molecule has 24 heavy (non-hydrogen) atoms. The topological polar surface area (TPSA) is 97.6 Å². The number of ether oxygens (including phenoxy) is 2. The monoisotopic (exact) mass is 334 g/mol. The Hall–Kier alpha value is -2.74. The second-order valence-corrected chi connectivity index (χ2v) is 5.04. The van der Waals surface area contributed by atoms with Crippen molar-refractivity contribution in [3.8, 4) is 11.5 Å². The van der Waals surface area contributed by atoms with Gasteiger partial charge in [-0.15, -0.1) is 0 Å².